The maximum absolute atomic E-state index is 13.0. The van der Waals surface area contributed by atoms with Gasteiger partial charge >= 0.3 is 5.97 Å². The lowest BCUT2D eigenvalue weighted by Gasteiger charge is -2.49. The molecule has 0 bridgehead atoms. The molecule has 2 heterocycles. The highest BCUT2D eigenvalue weighted by Gasteiger charge is 2.54. The second-order valence-corrected chi connectivity index (χ2v) is 13.9. The number of hydrogen-bond acceptors (Lipinski definition) is 9. The molecular weight excluding hydrogens is 599 g/mol. The van der Waals surface area contributed by atoms with Gasteiger partial charge in [0.25, 0.3) is 5.91 Å². The van der Waals surface area contributed by atoms with Crippen molar-refractivity contribution < 1.29 is 27.9 Å². The second-order valence-electron chi connectivity index (χ2n) is 9.97. The number of nitrogens with two attached hydrogens (primary N) is 2. The molecule has 2 aromatic carbocycles. The molecule has 2 aromatic rings. The van der Waals surface area contributed by atoms with Gasteiger partial charge in [-0.05, 0) is 52.9 Å². The van der Waals surface area contributed by atoms with Gasteiger partial charge in [0.1, 0.15) is 17.1 Å². The van der Waals surface area contributed by atoms with Crippen molar-refractivity contribution in [2.75, 3.05) is 18.1 Å². The first-order chi connectivity index (χ1) is 20.1. The van der Waals surface area contributed by atoms with Crippen molar-refractivity contribution in [1.82, 2.24) is 14.9 Å². The fourth-order valence-electron chi connectivity index (χ4n) is 4.73. The molecule has 2 aliphatic heterocycles. The number of aliphatic carboxylic acids is 1. The molecule has 2 amide bonds. The summed E-state index contributed by atoms with van der Waals surface area (Å²) >= 11 is 2.76. The van der Waals surface area contributed by atoms with E-state index in [0.717, 1.165) is 34.4 Å². The minimum atomic E-state index is -3.59. The summed E-state index contributed by atoms with van der Waals surface area (Å²) in [6, 6.07) is 11.1. The molecule has 1 unspecified atom stereocenters. The highest BCUT2D eigenvalue weighted by molar-refractivity contribution is 8.01. The van der Waals surface area contributed by atoms with E-state index in [0.29, 0.717) is 36.7 Å². The van der Waals surface area contributed by atoms with Gasteiger partial charge in [0.15, 0.2) is 0 Å². The van der Waals surface area contributed by atoms with Crippen LogP contribution in [0.2, 0.25) is 0 Å². The van der Waals surface area contributed by atoms with Crippen molar-refractivity contribution in [2.24, 2.45) is 11.5 Å². The van der Waals surface area contributed by atoms with Crippen LogP contribution in [0.5, 0.6) is 0 Å². The minimum Gasteiger partial charge on any atom is -0.477 e. The van der Waals surface area contributed by atoms with Crippen molar-refractivity contribution >= 4 is 51.3 Å². The van der Waals surface area contributed by atoms with Crippen molar-refractivity contribution in [3.63, 3.8) is 0 Å². The van der Waals surface area contributed by atoms with Gasteiger partial charge in [0.2, 0.25) is 15.9 Å². The number of nitrogens with one attached hydrogen (secondary N) is 2. The van der Waals surface area contributed by atoms with Crippen LogP contribution in [0.25, 0.3) is 0 Å². The molecule has 1 fully saturated rings. The Morgan fingerprint density at radius 2 is 1.74 bits per heavy atom. The van der Waals surface area contributed by atoms with Crippen LogP contribution in [0.3, 0.4) is 0 Å². The zero-order chi connectivity index (χ0) is 30.4. The average molecular weight is 634 g/mol. The van der Waals surface area contributed by atoms with Crippen molar-refractivity contribution in [2.45, 2.75) is 60.5 Å². The summed E-state index contributed by atoms with van der Waals surface area (Å²) in [6.07, 6.45) is 1.67. The number of carbonyl (C=O) groups excluding carboxylic acids is 2. The third-order valence-electron chi connectivity index (χ3n) is 6.88. The van der Waals surface area contributed by atoms with E-state index in [9.17, 15) is 27.9 Å². The lowest BCUT2D eigenvalue weighted by molar-refractivity contribution is -0.150. The third-order valence-corrected chi connectivity index (χ3v) is 10.8. The normalized spacial score (nSPS) is 18.5. The number of carbonyl (C=O) groups is 3. The summed E-state index contributed by atoms with van der Waals surface area (Å²) < 4.78 is 27.4. The maximum atomic E-state index is 13.0. The largest absolute Gasteiger partial charge is 0.477 e. The van der Waals surface area contributed by atoms with E-state index < -0.39 is 33.3 Å². The first kappa shape index (κ1) is 32.0. The Balaban J connectivity index is 1.39. The molecule has 0 saturated carbocycles. The molecule has 7 N–H and O–H groups in total. The van der Waals surface area contributed by atoms with Crippen molar-refractivity contribution in [1.29, 1.82) is 0 Å². The van der Waals surface area contributed by atoms with E-state index >= 15 is 0 Å². The fourth-order valence-corrected chi connectivity index (χ4v) is 8.19. The number of sulfonamides is 1. The van der Waals surface area contributed by atoms with Gasteiger partial charge < -0.3 is 21.9 Å². The predicted octanol–water partition coefficient (Wildman–Crippen LogP) is 1.76. The summed E-state index contributed by atoms with van der Waals surface area (Å²) in [5, 5.41) is 12.2. The molecule has 2 aliphatic rings. The number of rotatable bonds is 14. The quantitative estimate of drug-likeness (QED) is 0.117. The summed E-state index contributed by atoms with van der Waals surface area (Å²) in [6.45, 7) is 2.98. The van der Waals surface area contributed by atoms with E-state index in [1.54, 1.807) is 12.1 Å². The Hall–Kier alpha value is -2.88. The van der Waals surface area contributed by atoms with Crippen molar-refractivity contribution in [3.8, 4) is 0 Å². The van der Waals surface area contributed by atoms with Crippen LogP contribution in [-0.4, -0.2) is 65.7 Å². The minimum absolute atomic E-state index is 0.0421. The Labute approximate surface area is 253 Å². The first-order valence-corrected chi connectivity index (χ1v) is 17.0. The molecule has 1 saturated heterocycles. The molecule has 0 spiro atoms. The lowest BCUT2D eigenvalue weighted by atomic mass is 10.0. The molecule has 4 rings (SSSR count). The number of unbranched alkanes of at least 4 members (excludes halogenated alkanes) is 1. The van der Waals surface area contributed by atoms with E-state index in [2.05, 4.69) is 10.0 Å². The van der Waals surface area contributed by atoms with E-state index in [-0.39, 0.29) is 22.9 Å². The van der Waals surface area contributed by atoms with Gasteiger partial charge in [-0.15, -0.1) is 23.5 Å². The number of carboxylic acid groups (broad SMARTS) is 1. The molecule has 42 heavy (non-hydrogen) atoms. The number of thioether (sulfide) groups is 2. The van der Waals surface area contributed by atoms with Crippen LogP contribution in [0.1, 0.15) is 36.5 Å². The number of fused-ring (bicyclic) bond motifs is 1. The van der Waals surface area contributed by atoms with Crippen LogP contribution < -0.4 is 21.5 Å². The number of β-lactam (4-membered cyclic amide) rings is 1. The second kappa shape index (κ2) is 14.1. The summed E-state index contributed by atoms with van der Waals surface area (Å²) in [5.41, 5.74) is 14.5. The van der Waals surface area contributed by atoms with Crippen LogP contribution in [-0.2, 0) is 43.9 Å². The first-order valence-electron chi connectivity index (χ1n) is 13.5. The highest BCUT2D eigenvalue weighted by Crippen LogP contribution is 2.41. The van der Waals surface area contributed by atoms with Crippen LogP contribution in [0, 0.1) is 0 Å². The van der Waals surface area contributed by atoms with Crippen LogP contribution >= 0.6 is 23.5 Å². The van der Waals surface area contributed by atoms with E-state index in [1.165, 1.54) is 40.6 Å². The molecule has 0 aromatic heterocycles. The predicted molar refractivity (Wildman–Crippen MR) is 163 cm³/mol. The smallest absolute Gasteiger partial charge is 0.352 e. The molecule has 11 nitrogen and oxygen atoms in total. The summed E-state index contributed by atoms with van der Waals surface area (Å²) in [5.74, 6) is -1.34. The van der Waals surface area contributed by atoms with Gasteiger partial charge in [-0.25, -0.2) is 17.9 Å². The van der Waals surface area contributed by atoms with Crippen LogP contribution in [0.15, 0.2) is 63.5 Å². The molecule has 0 radical (unpaired) electrons. The van der Waals surface area contributed by atoms with Gasteiger partial charge in [0.05, 0.1) is 11.3 Å². The lowest BCUT2D eigenvalue weighted by Crippen LogP contribution is -2.70. The Morgan fingerprint density at radius 1 is 1.10 bits per heavy atom. The highest BCUT2D eigenvalue weighted by atomic mass is 32.2. The monoisotopic (exact) mass is 633 g/mol. The maximum Gasteiger partial charge on any atom is 0.352 e. The Bertz CT molecular complexity index is 1460. The summed E-state index contributed by atoms with van der Waals surface area (Å²) in [7, 11) is -3.59. The van der Waals surface area contributed by atoms with Gasteiger partial charge in [0, 0.05) is 36.0 Å². The third kappa shape index (κ3) is 7.36. The van der Waals surface area contributed by atoms with Gasteiger partial charge in [-0.2, -0.15) is 0 Å². The topological polar surface area (TPSA) is 185 Å². The zero-order valence-electron chi connectivity index (χ0n) is 23.2. The van der Waals surface area contributed by atoms with Gasteiger partial charge in [-0.3, -0.25) is 14.5 Å². The molecular formula is C28H35N5O6S3. The van der Waals surface area contributed by atoms with E-state index in [4.69, 9.17) is 11.5 Å². The average Bonchev–Trinajstić information content (AvgIpc) is 2.98. The SMILES string of the molecule is CCCCNS(=O)(=O)c1ccc(SCC2=C(C(=O)O)N3C(=O)C(NC(=O)Cc4cc(CN)cc(CN)c4)[C@H]3SC2)cc1. The number of benzene rings is 2. The number of hydrogen-bond donors (Lipinski definition) is 5. The van der Waals surface area contributed by atoms with Gasteiger partial charge in [-0.1, -0.05) is 31.5 Å². The van der Waals surface area contributed by atoms with Crippen LogP contribution in [0.4, 0.5) is 0 Å². The summed E-state index contributed by atoms with van der Waals surface area (Å²) in [4.78, 5) is 40.2. The molecule has 14 heteroatoms. The Morgan fingerprint density at radius 3 is 2.33 bits per heavy atom. The molecule has 226 valence electrons. The number of nitrogens with zero attached hydrogens (tertiary/aromatic N) is 1. The molecule has 2 atom stereocenters. The zero-order valence-corrected chi connectivity index (χ0v) is 25.6. The van der Waals surface area contributed by atoms with E-state index in [1.807, 2.05) is 25.1 Å². The number of carboxylic acids is 1. The number of amides is 2. The fraction of sp³-hybridized carbons (Fsp3) is 0.393. The van der Waals surface area contributed by atoms with Crippen molar-refractivity contribution in [3.05, 3.63) is 70.4 Å². The standard InChI is InChI=1S/C28H35N5O6S3/c1-2-3-8-31-42(38,39)22-6-4-21(5-7-22)40-15-20-16-41-27-24(26(35)33(27)25(20)28(36)37)32-23(34)12-17-9-18(13-29)11-19(10-17)14-30/h4-7,9-11,24,27,31H,2-3,8,12-16,29-30H2,1H3,(H,32,34)(H,36,37)/t24?,27-/m1/s1. The molecule has 0 aliphatic carbocycles. The Kier molecular flexibility index (Phi) is 10.7.